The zero-order valence-corrected chi connectivity index (χ0v) is 16.1. The number of H-pyrrole nitrogens is 1. The minimum Gasteiger partial charge on any atom is -0.491 e. The van der Waals surface area contributed by atoms with Crippen molar-refractivity contribution in [3.63, 3.8) is 0 Å². The second-order valence-corrected chi connectivity index (χ2v) is 6.81. The van der Waals surface area contributed by atoms with Crippen LogP contribution in [0.25, 0.3) is 0 Å². The highest BCUT2D eigenvalue weighted by molar-refractivity contribution is 5.94. The third-order valence-electron chi connectivity index (χ3n) is 4.80. The molecule has 1 aliphatic rings. The number of alkyl halides is 3. The molecule has 1 amide bonds. The van der Waals surface area contributed by atoms with Crippen molar-refractivity contribution in [2.45, 2.75) is 18.3 Å². The Bertz CT molecular complexity index is 1210. The van der Waals surface area contributed by atoms with Gasteiger partial charge >= 0.3 is 6.36 Å². The van der Waals surface area contributed by atoms with Crippen LogP contribution in [-0.2, 0) is 5.54 Å². The Morgan fingerprint density at radius 2 is 2.06 bits per heavy atom. The number of ether oxygens (including phenoxy) is 2. The molecule has 166 valence electrons. The minimum atomic E-state index is -5.13. The highest BCUT2D eigenvalue weighted by Gasteiger charge is 2.44. The Kier molecular flexibility index (Phi) is 5.28. The van der Waals surface area contributed by atoms with E-state index in [2.05, 4.69) is 25.0 Å². The van der Waals surface area contributed by atoms with Crippen LogP contribution in [0, 0.1) is 5.82 Å². The number of aromatic nitrogens is 3. The van der Waals surface area contributed by atoms with Gasteiger partial charge in [-0.2, -0.15) is 0 Å². The van der Waals surface area contributed by atoms with E-state index < -0.39 is 35.1 Å². The van der Waals surface area contributed by atoms with Crippen molar-refractivity contribution in [2.24, 2.45) is 0 Å². The van der Waals surface area contributed by atoms with Gasteiger partial charge in [0, 0.05) is 36.6 Å². The van der Waals surface area contributed by atoms with Crippen LogP contribution in [0.5, 0.6) is 11.6 Å². The zero-order chi connectivity index (χ0) is 22.9. The second kappa shape index (κ2) is 7.94. The number of hydrogen-bond acceptors (Lipinski definition) is 6. The van der Waals surface area contributed by atoms with Crippen molar-refractivity contribution < 1.29 is 31.8 Å². The Balaban J connectivity index is 1.81. The normalized spacial score (nSPS) is 17.8. The number of rotatable bonds is 4. The quantitative estimate of drug-likeness (QED) is 0.592. The first-order chi connectivity index (χ1) is 15.2. The topological polar surface area (TPSA) is 106 Å². The maximum atomic E-state index is 14.5. The van der Waals surface area contributed by atoms with Gasteiger partial charge in [0.15, 0.2) is 5.82 Å². The SMILES string of the molecule is O=C(N[C@]1(c2cnc(OC(F)(F)F)c(F)c2)CCOc2cccnc21)c1ccc(=O)[nH]c1. The van der Waals surface area contributed by atoms with Gasteiger partial charge < -0.3 is 19.8 Å². The maximum absolute atomic E-state index is 14.5. The molecule has 2 N–H and O–H groups in total. The standard InChI is InChI=1S/C20H14F4N4O4/c21-13-8-12(10-27-18(13)32-20(22,23)24)19(5-7-31-14-2-1-6-25-16(14)19)28-17(30)11-3-4-15(29)26-9-11/h1-4,6,8-10H,5,7H2,(H,26,29)(H,28,30)/t19-/m0/s1. The van der Waals surface area contributed by atoms with Gasteiger partial charge in [-0.15, -0.1) is 13.2 Å². The summed E-state index contributed by atoms with van der Waals surface area (Å²) in [6.07, 6.45) is -1.45. The lowest BCUT2D eigenvalue weighted by molar-refractivity contribution is -0.277. The Labute approximate surface area is 177 Å². The van der Waals surface area contributed by atoms with Crippen LogP contribution >= 0.6 is 0 Å². The van der Waals surface area contributed by atoms with Crippen LogP contribution in [0.4, 0.5) is 17.6 Å². The number of aromatic amines is 1. The molecular formula is C20H14F4N4O4. The van der Waals surface area contributed by atoms with Crippen molar-refractivity contribution in [3.8, 4) is 11.6 Å². The van der Waals surface area contributed by atoms with Gasteiger partial charge in [0.1, 0.15) is 17.0 Å². The lowest BCUT2D eigenvalue weighted by atomic mass is 9.82. The van der Waals surface area contributed by atoms with E-state index >= 15 is 0 Å². The summed E-state index contributed by atoms with van der Waals surface area (Å²) < 4.78 is 61.2. The van der Waals surface area contributed by atoms with Crippen molar-refractivity contribution in [2.75, 3.05) is 6.61 Å². The number of fused-ring (bicyclic) bond motifs is 1. The molecule has 0 radical (unpaired) electrons. The van der Waals surface area contributed by atoms with E-state index in [4.69, 9.17) is 4.74 Å². The first kappa shape index (κ1) is 21.3. The molecule has 0 spiro atoms. The molecule has 0 bridgehead atoms. The highest BCUT2D eigenvalue weighted by atomic mass is 19.4. The molecule has 4 rings (SSSR count). The molecule has 3 aromatic heterocycles. The van der Waals surface area contributed by atoms with E-state index in [1.54, 1.807) is 12.1 Å². The zero-order valence-electron chi connectivity index (χ0n) is 16.1. The molecule has 0 saturated carbocycles. The van der Waals surface area contributed by atoms with Crippen molar-refractivity contribution in [1.29, 1.82) is 0 Å². The molecular weight excluding hydrogens is 436 g/mol. The molecule has 0 unspecified atom stereocenters. The summed E-state index contributed by atoms with van der Waals surface area (Å²) in [5, 5.41) is 2.76. The Hall–Kier alpha value is -3.96. The number of hydrogen-bond donors (Lipinski definition) is 2. The summed E-state index contributed by atoms with van der Waals surface area (Å²) in [6, 6.07) is 6.43. The minimum absolute atomic E-state index is 0.0329. The third kappa shape index (κ3) is 4.11. The molecule has 1 atom stereocenters. The Morgan fingerprint density at radius 3 is 2.75 bits per heavy atom. The summed E-state index contributed by atoms with van der Waals surface area (Å²) in [4.78, 5) is 34.4. The smallest absolute Gasteiger partial charge is 0.491 e. The van der Waals surface area contributed by atoms with E-state index in [0.717, 1.165) is 18.3 Å². The van der Waals surface area contributed by atoms with Gasteiger partial charge in [0.25, 0.3) is 11.8 Å². The van der Waals surface area contributed by atoms with Gasteiger partial charge in [0.2, 0.25) is 5.56 Å². The molecule has 0 aliphatic carbocycles. The number of nitrogens with one attached hydrogen (secondary N) is 2. The fraction of sp³-hybridized carbons (Fsp3) is 0.200. The number of halogens is 4. The number of nitrogens with zero attached hydrogens (tertiary/aromatic N) is 2. The number of carbonyl (C=O) groups is 1. The van der Waals surface area contributed by atoms with E-state index in [1.165, 1.54) is 18.5 Å². The van der Waals surface area contributed by atoms with Gasteiger partial charge in [0.05, 0.1) is 12.2 Å². The molecule has 3 aromatic rings. The molecule has 12 heteroatoms. The highest BCUT2D eigenvalue weighted by Crippen LogP contribution is 2.41. The second-order valence-electron chi connectivity index (χ2n) is 6.81. The fourth-order valence-corrected chi connectivity index (χ4v) is 3.40. The summed E-state index contributed by atoms with van der Waals surface area (Å²) in [7, 11) is 0. The van der Waals surface area contributed by atoms with Crippen LogP contribution in [0.15, 0.2) is 53.7 Å². The fourth-order valence-electron chi connectivity index (χ4n) is 3.40. The van der Waals surface area contributed by atoms with Gasteiger partial charge in [-0.3, -0.25) is 14.6 Å². The molecule has 0 aromatic carbocycles. The molecule has 8 nitrogen and oxygen atoms in total. The third-order valence-corrected chi connectivity index (χ3v) is 4.80. The van der Waals surface area contributed by atoms with E-state index in [1.807, 2.05) is 0 Å². The lowest BCUT2D eigenvalue weighted by Gasteiger charge is -2.38. The van der Waals surface area contributed by atoms with Crippen LogP contribution in [0.2, 0.25) is 0 Å². The number of pyridine rings is 3. The maximum Gasteiger partial charge on any atom is 0.574 e. The van der Waals surface area contributed by atoms with Gasteiger partial charge in [-0.1, -0.05) is 0 Å². The van der Waals surface area contributed by atoms with E-state index in [-0.39, 0.29) is 29.8 Å². The predicted molar refractivity (Wildman–Crippen MR) is 101 cm³/mol. The molecule has 0 saturated heterocycles. The Morgan fingerprint density at radius 1 is 1.25 bits per heavy atom. The van der Waals surface area contributed by atoms with Crippen LogP contribution in [0.3, 0.4) is 0 Å². The summed E-state index contributed by atoms with van der Waals surface area (Å²) >= 11 is 0. The van der Waals surface area contributed by atoms with E-state index in [0.29, 0.717) is 5.75 Å². The van der Waals surface area contributed by atoms with Crippen molar-refractivity contribution in [3.05, 3.63) is 81.9 Å². The number of amides is 1. The monoisotopic (exact) mass is 450 g/mol. The van der Waals surface area contributed by atoms with E-state index in [9.17, 15) is 27.2 Å². The van der Waals surface area contributed by atoms with Crippen LogP contribution < -0.4 is 20.3 Å². The summed E-state index contributed by atoms with van der Waals surface area (Å²) in [5.41, 5.74) is -1.55. The largest absolute Gasteiger partial charge is 0.574 e. The first-order valence-corrected chi connectivity index (χ1v) is 9.19. The molecule has 0 fully saturated rings. The average Bonchev–Trinajstić information content (AvgIpc) is 2.75. The summed E-state index contributed by atoms with van der Waals surface area (Å²) in [6.45, 7) is 0.0903. The van der Waals surface area contributed by atoms with Crippen molar-refractivity contribution >= 4 is 5.91 Å². The average molecular weight is 450 g/mol. The number of carbonyl (C=O) groups excluding carboxylic acids is 1. The molecule has 1 aliphatic heterocycles. The van der Waals surface area contributed by atoms with Crippen LogP contribution in [-0.4, -0.2) is 33.8 Å². The molecule has 32 heavy (non-hydrogen) atoms. The van der Waals surface area contributed by atoms with Crippen molar-refractivity contribution in [1.82, 2.24) is 20.3 Å². The predicted octanol–water partition coefficient (Wildman–Crippen LogP) is 2.66. The van der Waals surface area contributed by atoms with Crippen LogP contribution in [0.1, 0.15) is 28.0 Å². The van der Waals surface area contributed by atoms with Gasteiger partial charge in [-0.25, -0.2) is 9.37 Å². The lowest BCUT2D eigenvalue weighted by Crippen LogP contribution is -2.50. The summed E-state index contributed by atoms with van der Waals surface area (Å²) in [5.74, 6) is -2.97. The van der Waals surface area contributed by atoms with Gasteiger partial charge in [-0.05, 0) is 24.3 Å². The molecule has 4 heterocycles. The first-order valence-electron chi connectivity index (χ1n) is 9.19.